The van der Waals surface area contributed by atoms with Gasteiger partial charge in [-0.15, -0.1) is 0 Å². The molecule has 0 fully saturated rings. The number of ether oxygens (including phenoxy) is 2. The Bertz CT molecular complexity index is 889. The van der Waals surface area contributed by atoms with Gasteiger partial charge in [0.15, 0.2) is 5.60 Å². The zero-order valence-corrected chi connectivity index (χ0v) is 14.6. The summed E-state index contributed by atoms with van der Waals surface area (Å²) in [6, 6.07) is 5.53. The fraction of sp³-hybridized carbons (Fsp3) is 0.375. The Morgan fingerprint density at radius 2 is 2.35 bits per heavy atom. The summed E-state index contributed by atoms with van der Waals surface area (Å²) in [6.07, 6.45) is 1.56. The highest BCUT2D eigenvalue weighted by molar-refractivity contribution is 6.30. The van der Waals surface area contributed by atoms with Crippen LogP contribution in [0.4, 0.5) is 16.3 Å². The summed E-state index contributed by atoms with van der Waals surface area (Å²) in [7, 11) is 0. The average molecular weight is 379 g/mol. The minimum atomic E-state index is -0.824. The molecule has 0 spiro atoms. The van der Waals surface area contributed by atoms with Crippen LogP contribution in [0.2, 0.25) is 5.02 Å². The van der Waals surface area contributed by atoms with Gasteiger partial charge in [0.1, 0.15) is 12.8 Å². The summed E-state index contributed by atoms with van der Waals surface area (Å²) in [6.45, 7) is 2.60. The van der Waals surface area contributed by atoms with Crippen LogP contribution in [0.1, 0.15) is 12.5 Å². The summed E-state index contributed by atoms with van der Waals surface area (Å²) < 4.78 is 12.6. The molecule has 0 aliphatic carbocycles. The number of rotatable bonds is 3. The number of imidazole rings is 1. The van der Waals surface area contributed by atoms with E-state index in [0.29, 0.717) is 18.1 Å². The van der Waals surface area contributed by atoms with Crippen LogP contribution in [0, 0.1) is 10.1 Å². The molecule has 2 aliphatic rings. The van der Waals surface area contributed by atoms with E-state index in [4.69, 9.17) is 21.1 Å². The fourth-order valence-electron chi connectivity index (χ4n) is 3.21. The summed E-state index contributed by atoms with van der Waals surface area (Å²) in [5.74, 6) is -0.272. The third-order valence-electron chi connectivity index (χ3n) is 4.42. The molecule has 9 nitrogen and oxygen atoms in total. The van der Waals surface area contributed by atoms with Crippen LogP contribution in [0.15, 0.2) is 24.4 Å². The molecule has 0 radical (unpaired) electrons. The molecule has 1 atom stereocenters. The second kappa shape index (κ2) is 5.87. The molecule has 1 aromatic carbocycles. The monoisotopic (exact) mass is 378 g/mol. The van der Waals surface area contributed by atoms with Gasteiger partial charge in [0, 0.05) is 16.6 Å². The topological polar surface area (TPSA) is 99.7 Å². The van der Waals surface area contributed by atoms with Gasteiger partial charge < -0.3 is 19.6 Å². The molecule has 0 saturated heterocycles. The molecule has 1 amide bonds. The van der Waals surface area contributed by atoms with Crippen LogP contribution in [0.3, 0.4) is 0 Å². The summed E-state index contributed by atoms with van der Waals surface area (Å²) in [4.78, 5) is 28.0. The Hall–Kier alpha value is -2.81. The molecular weight excluding hydrogens is 364 g/mol. The lowest BCUT2D eigenvalue weighted by molar-refractivity contribution is -0.389. The first-order valence-electron chi connectivity index (χ1n) is 7.98. The van der Waals surface area contributed by atoms with E-state index in [1.165, 1.54) is 6.20 Å². The normalized spacial score (nSPS) is 20.5. The van der Waals surface area contributed by atoms with Crippen LogP contribution < -0.4 is 9.64 Å². The minimum Gasteiger partial charge on any atom is -0.445 e. The first-order valence-corrected chi connectivity index (χ1v) is 8.36. The number of nitrogens with zero attached hydrogens (tertiary/aromatic N) is 4. The van der Waals surface area contributed by atoms with E-state index >= 15 is 0 Å². The van der Waals surface area contributed by atoms with Crippen LogP contribution in [-0.4, -0.2) is 39.3 Å². The van der Waals surface area contributed by atoms with Crippen LogP contribution >= 0.6 is 11.6 Å². The van der Waals surface area contributed by atoms with Crippen molar-refractivity contribution in [3.63, 3.8) is 0 Å². The number of hydrogen-bond donors (Lipinski definition) is 0. The molecular formula is C16H15ClN4O5. The maximum Gasteiger partial charge on any atom is 0.415 e. The van der Waals surface area contributed by atoms with Crippen molar-refractivity contribution < 1.29 is 19.2 Å². The van der Waals surface area contributed by atoms with Crippen molar-refractivity contribution in [3.05, 3.63) is 45.1 Å². The highest BCUT2D eigenvalue weighted by atomic mass is 35.5. The average Bonchev–Trinajstić information content (AvgIpc) is 3.23. The zero-order valence-electron chi connectivity index (χ0n) is 13.8. The van der Waals surface area contributed by atoms with E-state index in [9.17, 15) is 14.9 Å². The van der Waals surface area contributed by atoms with Crippen molar-refractivity contribution in [3.8, 4) is 6.01 Å². The molecule has 0 N–H and O–H groups in total. The van der Waals surface area contributed by atoms with E-state index < -0.39 is 16.6 Å². The fourth-order valence-corrected chi connectivity index (χ4v) is 3.40. The first kappa shape index (κ1) is 16.6. The van der Waals surface area contributed by atoms with Crippen molar-refractivity contribution in [2.24, 2.45) is 0 Å². The third-order valence-corrected chi connectivity index (χ3v) is 4.65. The van der Waals surface area contributed by atoms with E-state index in [-0.39, 0.29) is 18.4 Å². The number of aromatic nitrogens is 2. The maximum atomic E-state index is 12.4. The van der Waals surface area contributed by atoms with Gasteiger partial charge in [-0.3, -0.25) is 9.47 Å². The number of carbonyl (C=O) groups is 1. The first-order chi connectivity index (χ1) is 12.3. The Morgan fingerprint density at radius 3 is 3.08 bits per heavy atom. The third kappa shape index (κ3) is 2.84. The Morgan fingerprint density at radius 1 is 1.54 bits per heavy atom. The van der Waals surface area contributed by atoms with Crippen molar-refractivity contribution >= 4 is 29.2 Å². The molecule has 2 aromatic rings. The predicted molar refractivity (Wildman–Crippen MR) is 91.8 cm³/mol. The minimum absolute atomic E-state index is 0.00239. The molecule has 136 valence electrons. The number of fused-ring (bicyclic) bond motifs is 2. The molecule has 0 saturated carbocycles. The largest absolute Gasteiger partial charge is 0.445 e. The van der Waals surface area contributed by atoms with E-state index in [2.05, 4.69) is 4.98 Å². The summed E-state index contributed by atoms with van der Waals surface area (Å²) in [5, 5.41) is 11.4. The molecule has 10 heteroatoms. The standard InChI is InChI=1S/C16H15ClN4O5/c1-16(8-19-7-13(21(23)24)18-14(19)26-16)9-25-15(22)20-5-4-10-6-11(17)2-3-12(10)20/h2-3,6-7H,4-5,8-9H2,1H3/t16-/m1/s1. The molecule has 0 bridgehead atoms. The summed E-state index contributed by atoms with van der Waals surface area (Å²) >= 11 is 5.98. The highest BCUT2D eigenvalue weighted by Crippen LogP contribution is 2.33. The molecule has 3 heterocycles. The van der Waals surface area contributed by atoms with E-state index in [1.807, 2.05) is 6.07 Å². The van der Waals surface area contributed by atoms with E-state index in [1.54, 1.807) is 28.5 Å². The van der Waals surface area contributed by atoms with Crippen molar-refractivity contribution in [2.45, 2.75) is 25.5 Å². The van der Waals surface area contributed by atoms with Crippen LogP contribution in [0.5, 0.6) is 6.01 Å². The van der Waals surface area contributed by atoms with Gasteiger partial charge in [0.05, 0.1) is 12.2 Å². The molecule has 0 unspecified atom stereocenters. The lowest BCUT2D eigenvalue weighted by Crippen LogP contribution is -2.40. The van der Waals surface area contributed by atoms with Crippen molar-refractivity contribution in [2.75, 3.05) is 18.1 Å². The number of hydrogen-bond acceptors (Lipinski definition) is 6. The molecule has 26 heavy (non-hydrogen) atoms. The van der Waals surface area contributed by atoms with Gasteiger partial charge in [-0.2, -0.15) is 0 Å². The highest BCUT2D eigenvalue weighted by Gasteiger charge is 2.42. The van der Waals surface area contributed by atoms with Gasteiger partial charge in [-0.05, 0) is 42.0 Å². The second-order valence-corrected chi connectivity index (χ2v) is 6.98. The predicted octanol–water partition coefficient (Wildman–Crippen LogP) is 2.80. The number of halogens is 1. The Kier molecular flexibility index (Phi) is 3.76. The Labute approximate surface area is 153 Å². The number of nitro groups is 1. The molecule has 2 aliphatic heterocycles. The second-order valence-electron chi connectivity index (χ2n) is 6.55. The number of benzene rings is 1. The van der Waals surface area contributed by atoms with Gasteiger partial charge in [0.2, 0.25) is 0 Å². The maximum absolute atomic E-state index is 12.4. The Balaban J connectivity index is 1.40. The van der Waals surface area contributed by atoms with Crippen LogP contribution in [-0.2, 0) is 17.7 Å². The van der Waals surface area contributed by atoms with E-state index in [0.717, 1.165) is 17.7 Å². The molecule has 1 aromatic heterocycles. The number of anilines is 1. The molecule has 4 rings (SSSR count). The zero-order chi connectivity index (χ0) is 18.5. The van der Waals surface area contributed by atoms with Gasteiger partial charge in [0.25, 0.3) is 0 Å². The smallest absolute Gasteiger partial charge is 0.415 e. The van der Waals surface area contributed by atoms with Gasteiger partial charge >= 0.3 is 17.9 Å². The lowest BCUT2D eigenvalue weighted by Gasteiger charge is -2.24. The van der Waals surface area contributed by atoms with Crippen molar-refractivity contribution in [1.29, 1.82) is 0 Å². The van der Waals surface area contributed by atoms with Gasteiger partial charge in [-0.25, -0.2) is 4.79 Å². The SMILES string of the molecule is C[C@]1(COC(=O)N2CCc3cc(Cl)ccc32)Cn2cc([N+](=O)[O-])nc2O1. The number of carbonyl (C=O) groups excluding carboxylic acids is 1. The van der Waals surface area contributed by atoms with Gasteiger partial charge in [-0.1, -0.05) is 11.6 Å². The number of amides is 1. The lowest BCUT2D eigenvalue weighted by atomic mass is 10.1. The van der Waals surface area contributed by atoms with Crippen LogP contribution in [0.25, 0.3) is 0 Å². The van der Waals surface area contributed by atoms with Crippen molar-refractivity contribution in [1.82, 2.24) is 9.55 Å². The quantitative estimate of drug-likeness (QED) is 0.601. The summed E-state index contributed by atoms with van der Waals surface area (Å²) in [5.41, 5.74) is 0.973.